The summed E-state index contributed by atoms with van der Waals surface area (Å²) in [6.07, 6.45) is 13.7. The van der Waals surface area contributed by atoms with Crippen LogP contribution in [-0.4, -0.2) is 6.54 Å². The molecule has 0 spiro atoms. The van der Waals surface area contributed by atoms with Crippen LogP contribution in [0.3, 0.4) is 0 Å². The van der Waals surface area contributed by atoms with Crippen molar-refractivity contribution in [3.05, 3.63) is 0 Å². The molecule has 0 fully saturated rings. The number of hydrogen-bond acceptors (Lipinski definition) is 1. The SMILES string of the molecule is CCCCCC(C)C(CC)CC(C)C(C)C(C)C(C)CC(C)CCC(C)CCN. The number of unbranched alkanes of at least 4 members (excludes halogenated alkanes) is 2. The molecule has 0 saturated carbocycles. The Morgan fingerprint density at radius 3 is 1.66 bits per heavy atom. The van der Waals surface area contributed by atoms with Crippen molar-refractivity contribution in [2.45, 2.75) is 127 Å². The zero-order chi connectivity index (χ0) is 22.4. The molecule has 0 amide bonds. The van der Waals surface area contributed by atoms with Crippen molar-refractivity contribution in [1.82, 2.24) is 0 Å². The molecule has 0 aromatic heterocycles. The molecule has 0 bridgehead atoms. The third kappa shape index (κ3) is 12.4. The molecule has 0 aromatic carbocycles. The molecule has 8 unspecified atom stereocenters. The van der Waals surface area contributed by atoms with Gasteiger partial charge in [0.05, 0.1) is 0 Å². The van der Waals surface area contributed by atoms with E-state index >= 15 is 0 Å². The van der Waals surface area contributed by atoms with Gasteiger partial charge in [-0.1, -0.05) is 107 Å². The van der Waals surface area contributed by atoms with E-state index in [9.17, 15) is 0 Å². The molecule has 176 valence electrons. The Morgan fingerprint density at radius 1 is 0.586 bits per heavy atom. The van der Waals surface area contributed by atoms with Crippen LogP contribution in [-0.2, 0) is 0 Å². The standard InChI is InChI=1S/C28H59N/c1-10-12-13-14-23(5)28(11-2)20-25(7)27(9)26(8)24(6)19-22(4)16-15-21(3)17-18-29/h21-28H,10-20,29H2,1-9H3. The lowest BCUT2D eigenvalue weighted by Crippen LogP contribution is -2.26. The summed E-state index contributed by atoms with van der Waals surface area (Å²) in [7, 11) is 0. The summed E-state index contributed by atoms with van der Waals surface area (Å²) in [5.41, 5.74) is 5.71. The summed E-state index contributed by atoms with van der Waals surface area (Å²) in [4.78, 5) is 0. The lowest BCUT2D eigenvalue weighted by atomic mass is 9.71. The minimum Gasteiger partial charge on any atom is -0.330 e. The molecule has 0 saturated heterocycles. The van der Waals surface area contributed by atoms with Crippen LogP contribution in [0.25, 0.3) is 0 Å². The average Bonchev–Trinajstić information content (AvgIpc) is 2.69. The van der Waals surface area contributed by atoms with Gasteiger partial charge < -0.3 is 5.73 Å². The van der Waals surface area contributed by atoms with Crippen LogP contribution in [0.15, 0.2) is 0 Å². The average molecular weight is 410 g/mol. The quantitative estimate of drug-likeness (QED) is 0.225. The highest BCUT2D eigenvalue weighted by Gasteiger charge is 2.27. The van der Waals surface area contributed by atoms with Gasteiger partial charge in [-0.15, -0.1) is 0 Å². The normalized spacial score (nSPS) is 20.5. The largest absolute Gasteiger partial charge is 0.330 e. The highest BCUT2D eigenvalue weighted by Crippen LogP contribution is 2.37. The topological polar surface area (TPSA) is 26.0 Å². The van der Waals surface area contributed by atoms with Gasteiger partial charge in [-0.05, 0) is 73.2 Å². The Labute approximate surface area is 186 Å². The zero-order valence-electron chi connectivity index (χ0n) is 22.0. The fourth-order valence-electron chi connectivity index (χ4n) is 5.45. The van der Waals surface area contributed by atoms with Crippen molar-refractivity contribution in [3.8, 4) is 0 Å². The van der Waals surface area contributed by atoms with Gasteiger partial charge in [0.15, 0.2) is 0 Å². The lowest BCUT2D eigenvalue weighted by Gasteiger charge is -2.35. The van der Waals surface area contributed by atoms with E-state index in [1.807, 2.05) is 0 Å². The Balaban J connectivity index is 4.49. The van der Waals surface area contributed by atoms with Gasteiger partial charge in [-0.2, -0.15) is 0 Å². The third-order valence-corrected chi connectivity index (χ3v) is 8.48. The van der Waals surface area contributed by atoms with Crippen LogP contribution < -0.4 is 5.73 Å². The summed E-state index contributed by atoms with van der Waals surface area (Å²) in [6, 6.07) is 0. The summed E-state index contributed by atoms with van der Waals surface area (Å²) in [5.74, 6) is 6.75. The molecule has 8 atom stereocenters. The third-order valence-electron chi connectivity index (χ3n) is 8.48. The van der Waals surface area contributed by atoms with Crippen molar-refractivity contribution in [2.24, 2.45) is 53.1 Å². The van der Waals surface area contributed by atoms with Gasteiger partial charge in [0.25, 0.3) is 0 Å². The minimum atomic E-state index is 0.791. The monoisotopic (exact) mass is 409 g/mol. The summed E-state index contributed by atoms with van der Waals surface area (Å²) >= 11 is 0. The molecular weight excluding hydrogens is 350 g/mol. The molecule has 0 aliphatic carbocycles. The number of nitrogens with two attached hydrogens (primary N) is 1. The molecule has 0 aliphatic heterocycles. The van der Waals surface area contributed by atoms with E-state index in [1.54, 1.807) is 0 Å². The van der Waals surface area contributed by atoms with E-state index in [1.165, 1.54) is 64.2 Å². The fraction of sp³-hybridized carbons (Fsp3) is 1.00. The van der Waals surface area contributed by atoms with Crippen molar-refractivity contribution in [3.63, 3.8) is 0 Å². The maximum atomic E-state index is 5.71. The first kappa shape index (κ1) is 29.0. The second-order valence-corrected chi connectivity index (χ2v) is 11.2. The first-order valence-corrected chi connectivity index (χ1v) is 13.4. The Morgan fingerprint density at radius 2 is 1.14 bits per heavy atom. The maximum Gasteiger partial charge on any atom is -0.00747 e. The highest BCUT2D eigenvalue weighted by atomic mass is 14.5. The fourth-order valence-corrected chi connectivity index (χ4v) is 5.45. The zero-order valence-corrected chi connectivity index (χ0v) is 22.0. The van der Waals surface area contributed by atoms with E-state index in [-0.39, 0.29) is 0 Å². The van der Waals surface area contributed by atoms with Gasteiger partial charge in [0.2, 0.25) is 0 Å². The molecule has 1 heteroatoms. The van der Waals surface area contributed by atoms with E-state index in [2.05, 4.69) is 62.3 Å². The van der Waals surface area contributed by atoms with Crippen LogP contribution in [0.2, 0.25) is 0 Å². The first-order valence-electron chi connectivity index (χ1n) is 13.4. The molecular formula is C28H59N. The molecule has 0 aromatic rings. The lowest BCUT2D eigenvalue weighted by molar-refractivity contribution is 0.151. The van der Waals surface area contributed by atoms with Gasteiger partial charge in [-0.25, -0.2) is 0 Å². The predicted molar refractivity (Wildman–Crippen MR) is 134 cm³/mol. The van der Waals surface area contributed by atoms with Crippen LogP contribution in [0, 0.1) is 47.3 Å². The molecule has 29 heavy (non-hydrogen) atoms. The highest BCUT2D eigenvalue weighted by molar-refractivity contribution is 4.77. The number of rotatable bonds is 18. The predicted octanol–water partition coefficient (Wildman–Crippen LogP) is 8.95. The molecule has 0 heterocycles. The summed E-state index contributed by atoms with van der Waals surface area (Å²) < 4.78 is 0. The molecule has 1 nitrogen and oxygen atoms in total. The Kier molecular flexibility index (Phi) is 16.6. The van der Waals surface area contributed by atoms with Crippen molar-refractivity contribution < 1.29 is 0 Å². The number of hydrogen-bond donors (Lipinski definition) is 1. The van der Waals surface area contributed by atoms with E-state index in [4.69, 9.17) is 5.73 Å². The first-order chi connectivity index (χ1) is 13.7. The van der Waals surface area contributed by atoms with Crippen LogP contribution in [0.4, 0.5) is 0 Å². The van der Waals surface area contributed by atoms with Crippen molar-refractivity contribution >= 4 is 0 Å². The second-order valence-electron chi connectivity index (χ2n) is 11.2. The van der Waals surface area contributed by atoms with Gasteiger partial charge in [0.1, 0.15) is 0 Å². The van der Waals surface area contributed by atoms with Crippen molar-refractivity contribution in [2.75, 3.05) is 6.54 Å². The van der Waals surface area contributed by atoms with Gasteiger partial charge >= 0.3 is 0 Å². The van der Waals surface area contributed by atoms with Crippen LogP contribution in [0.5, 0.6) is 0 Å². The van der Waals surface area contributed by atoms with Crippen LogP contribution in [0.1, 0.15) is 127 Å². The molecule has 0 radical (unpaired) electrons. The molecule has 0 aliphatic rings. The maximum absolute atomic E-state index is 5.71. The van der Waals surface area contributed by atoms with Gasteiger partial charge in [-0.3, -0.25) is 0 Å². The Hall–Kier alpha value is -0.0400. The molecule has 0 rings (SSSR count). The van der Waals surface area contributed by atoms with E-state index < -0.39 is 0 Å². The smallest absolute Gasteiger partial charge is 0.00747 e. The second kappa shape index (κ2) is 16.6. The van der Waals surface area contributed by atoms with E-state index in [0.717, 1.165) is 53.9 Å². The van der Waals surface area contributed by atoms with Crippen molar-refractivity contribution in [1.29, 1.82) is 0 Å². The van der Waals surface area contributed by atoms with E-state index in [0.29, 0.717) is 0 Å². The Bertz CT molecular complexity index is 365. The molecule has 2 N–H and O–H groups in total. The van der Waals surface area contributed by atoms with Gasteiger partial charge in [0, 0.05) is 0 Å². The minimum absolute atomic E-state index is 0.791. The summed E-state index contributed by atoms with van der Waals surface area (Å²) in [6.45, 7) is 23.0. The summed E-state index contributed by atoms with van der Waals surface area (Å²) in [5, 5.41) is 0. The van der Waals surface area contributed by atoms with Crippen LogP contribution >= 0.6 is 0 Å².